The molecular formula is C22H26N4OS. The van der Waals surface area contributed by atoms with E-state index in [1.165, 1.54) is 17.3 Å². The van der Waals surface area contributed by atoms with Crippen LogP contribution >= 0.6 is 11.8 Å². The molecule has 146 valence electrons. The van der Waals surface area contributed by atoms with Gasteiger partial charge in [0.2, 0.25) is 5.91 Å². The molecule has 0 unspecified atom stereocenters. The van der Waals surface area contributed by atoms with Crippen LogP contribution < -0.4 is 0 Å². The summed E-state index contributed by atoms with van der Waals surface area (Å²) in [5.74, 6) is 0.468. The van der Waals surface area contributed by atoms with Gasteiger partial charge in [-0.3, -0.25) is 4.79 Å². The predicted molar refractivity (Wildman–Crippen MR) is 113 cm³/mol. The Bertz CT molecular complexity index is 865. The lowest BCUT2D eigenvalue weighted by Gasteiger charge is -2.23. The van der Waals surface area contributed by atoms with Crippen LogP contribution in [0.15, 0.2) is 72.1 Å². The molecule has 1 heterocycles. The Hall–Kier alpha value is -2.60. The van der Waals surface area contributed by atoms with E-state index in [0.29, 0.717) is 18.8 Å². The van der Waals surface area contributed by atoms with Crippen molar-refractivity contribution in [1.82, 2.24) is 19.7 Å². The van der Waals surface area contributed by atoms with Gasteiger partial charge in [-0.2, -0.15) is 0 Å². The maximum absolute atomic E-state index is 13.0. The Labute approximate surface area is 170 Å². The molecule has 3 aromatic rings. The van der Waals surface area contributed by atoms with E-state index in [2.05, 4.69) is 48.3 Å². The van der Waals surface area contributed by atoms with Crippen molar-refractivity contribution in [2.45, 2.75) is 38.0 Å². The average molecular weight is 395 g/mol. The normalized spacial score (nSPS) is 11.0. The van der Waals surface area contributed by atoms with Gasteiger partial charge in [-0.15, -0.1) is 10.2 Å². The highest BCUT2D eigenvalue weighted by atomic mass is 32.2. The van der Waals surface area contributed by atoms with Crippen molar-refractivity contribution in [3.05, 3.63) is 78.1 Å². The van der Waals surface area contributed by atoms with Gasteiger partial charge in [-0.25, -0.2) is 0 Å². The minimum atomic E-state index is 0.114. The van der Waals surface area contributed by atoms with Crippen LogP contribution in [0.4, 0.5) is 0 Å². The summed E-state index contributed by atoms with van der Waals surface area (Å²) in [6, 6.07) is 20.7. The Balaban J connectivity index is 1.65. The molecule has 6 heteroatoms. The van der Waals surface area contributed by atoms with Crippen LogP contribution in [0.2, 0.25) is 0 Å². The molecule has 0 spiro atoms. The molecule has 5 nitrogen and oxygen atoms in total. The lowest BCUT2D eigenvalue weighted by molar-refractivity contribution is -0.128. The molecule has 0 aliphatic rings. The molecule has 0 atom stereocenters. The fourth-order valence-electron chi connectivity index (χ4n) is 2.91. The molecule has 1 aromatic heterocycles. The maximum Gasteiger partial charge on any atom is 0.233 e. The van der Waals surface area contributed by atoms with E-state index in [9.17, 15) is 4.79 Å². The Morgan fingerprint density at radius 2 is 1.68 bits per heavy atom. The first kappa shape index (κ1) is 20.1. The number of carbonyl (C=O) groups is 1. The van der Waals surface area contributed by atoms with Crippen molar-refractivity contribution < 1.29 is 4.79 Å². The summed E-state index contributed by atoms with van der Waals surface area (Å²) >= 11 is 1.45. The van der Waals surface area contributed by atoms with E-state index in [1.54, 1.807) is 6.33 Å². The second kappa shape index (κ2) is 10.1. The number of hydrogen-bond donors (Lipinski definition) is 0. The average Bonchev–Trinajstić information content (AvgIpc) is 3.20. The van der Waals surface area contributed by atoms with Crippen molar-refractivity contribution in [1.29, 1.82) is 0 Å². The summed E-state index contributed by atoms with van der Waals surface area (Å²) in [5, 5.41) is 8.91. The van der Waals surface area contributed by atoms with E-state index < -0.39 is 0 Å². The quantitative estimate of drug-likeness (QED) is 0.510. The molecule has 1 amide bonds. The van der Waals surface area contributed by atoms with Crippen LogP contribution in [0.25, 0.3) is 0 Å². The first-order chi connectivity index (χ1) is 13.6. The van der Waals surface area contributed by atoms with Crippen molar-refractivity contribution in [3.63, 3.8) is 0 Å². The van der Waals surface area contributed by atoms with Gasteiger partial charge >= 0.3 is 0 Å². The Kier molecular flexibility index (Phi) is 7.25. The molecule has 0 saturated carbocycles. The third-order valence-electron chi connectivity index (χ3n) is 4.50. The zero-order chi connectivity index (χ0) is 19.8. The molecule has 0 fully saturated rings. The Morgan fingerprint density at radius 1 is 1.04 bits per heavy atom. The second-order valence-corrected chi connectivity index (χ2v) is 7.88. The molecule has 0 aliphatic carbocycles. The standard InChI is InChI=1S/C22H26N4OS/c1-18(2)26-17-23-24-22(26)28-16-21(27)25(15-20-11-7-4-8-12-20)14-13-19-9-5-3-6-10-19/h3-12,17-18H,13-16H2,1-2H3. The molecule has 0 N–H and O–H groups in total. The third-order valence-corrected chi connectivity index (χ3v) is 5.45. The highest BCUT2D eigenvalue weighted by molar-refractivity contribution is 7.99. The monoisotopic (exact) mass is 394 g/mol. The molecule has 0 radical (unpaired) electrons. The summed E-state index contributed by atoms with van der Waals surface area (Å²) < 4.78 is 1.99. The molecule has 0 saturated heterocycles. The molecule has 28 heavy (non-hydrogen) atoms. The van der Waals surface area contributed by atoms with Gasteiger partial charge in [0.05, 0.1) is 5.75 Å². The van der Waals surface area contributed by atoms with Gasteiger partial charge in [0.15, 0.2) is 5.16 Å². The number of thioether (sulfide) groups is 1. The summed E-state index contributed by atoms with van der Waals surface area (Å²) in [5.41, 5.74) is 2.37. The molecule has 3 rings (SSSR count). The summed E-state index contributed by atoms with van der Waals surface area (Å²) in [7, 11) is 0. The largest absolute Gasteiger partial charge is 0.337 e. The number of nitrogens with zero attached hydrogens (tertiary/aromatic N) is 4. The first-order valence-corrected chi connectivity index (χ1v) is 10.5. The van der Waals surface area contributed by atoms with Crippen LogP contribution in [0.1, 0.15) is 31.0 Å². The number of hydrogen-bond acceptors (Lipinski definition) is 4. The Morgan fingerprint density at radius 3 is 2.32 bits per heavy atom. The predicted octanol–water partition coefficient (Wildman–Crippen LogP) is 4.22. The van der Waals surface area contributed by atoms with Crippen molar-refractivity contribution in [2.24, 2.45) is 0 Å². The van der Waals surface area contributed by atoms with Gasteiger partial charge in [-0.1, -0.05) is 72.4 Å². The minimum absolute atomic E-state index is 0.114. The van der Waals surface area contributed by atoms with Crippen molar-refractivity contribution in [2.75, 3.05) is 12.3 Å². The molecular weight excluding hydrogens is 368 g/mol. The van der Waals surface area contributed by atoms with Gasteiger partial charge in [0.1, 0.15) is 6.33 Å². The number of rotatable bonds is 9. The number of carbonyl (C=O) groups excluding carboxylic acids is 1. The third kappa shape index (κ3) is 5.70. The lowest BCUT2D eigenvalue weighted by atomic mass is 10.1. The first-order valence-electron chi connectivity index (χ1n) is 9.51. The van der Waals surface area contributed by atoms with E-state index in [4.69, 9.17) is 0 Å². The SMILES string of the molecule is CC(C)n1cnnc1SCC(=O)N(CCc1ccccc1)Cc1ccccc1. The van der Waals surface area contributed by atoms with Gasteiger partial charge in [-0.05, 0) is 31.4 Å². The van der Waals surface area contributed by atoms with Crippen LogP contribution in [0, 0.1) is 0 Å². The highest BCUT2D eigenvalue weighted by Crippen LogP contribution is 2.20. The van der Waals surface area contributed by atoms with Gasteiger partial charge in [0.25, 0.3) is 0 Å². The lowest BCUT2D eigenvalue weighted by Crippen LogP contribution is -2.34. The highest BCUT2D eigenvalue weighted by Gasteiger charge is 2.17. The van der Waals surface area contributed by atoms with E-state index in [0.717, 1.165) is 17.1 Å². The topological polar surface area (TPSA) is 51.0 Å². The summed E-state index contributed by atoms with van der Waals surface area (Å²) in [4.78, 5) is 14.9. The van der Waals surface area contributed by atoms with E-state index in [1.807, 2.05) is 45.9 Å². The summed E-state index contributed by atoms with van der Waals surface area (Å²) in [6.07, 6.45) is 2.56. The van der Waals surface area contributed by atoms with E-state index in [-0.39, 0.29) is 11.9 Å². The van der Waals surface area contributed by atoms with E-state index >= 15 is 0 Å². The fourth-order valence-corrected chi connectivity index (χ4v) is 3.86. The van der Waals surface area contributed by atoms with Gasteiger partial charge < -0.3 is 9.47 Å². The van der Waals surface area contributed by atoms with Crippen LogP contribution in [0.3, 0.4) is 0 Å². The number of amides is 1. The van der Waals surface area contributed by atoms with Crippen LogP contribution in [-0.2, 0) is 17.8 Å². The second-order valence-electron chi connectivity index (χ2n) is 6.94. The maximum atomic E-state index is 13.0. The van der Waals surface area contributed by atoms with Crippen LogP contribution in [-0.4, -0.2) is 37.9 Å². The zero-order valence-corrected chi connectivity index (χ0v) is 17.2. The van der Waals surface area contributed by atoms with Crippen LogP contribution in [0.5, 0.6) is 0 Å². The van der Waals surface area contributed by atoms with Gasteiger partial charge in [0, 0.05) is 19.1 Å². The zero-order valence-electron chi connectivity index (χ0n) is 16.4. The molecule has 2 aromatic carbocycles. The number of benzene rings is 2. The fraction of sp³-hybridized carbons (Fsp3) is 0.318. The summed E-state index contributed by atoms with van der Waals surface area (Å²) in [6.45, 7) is 5.47. The van der Waals surface area contributed by atoms with Crippen molar-refractivity contribution >= 4 is 17.7 Å². The van der Waals surface area contributed by atoms with Crippen molar-refractivity contribution in [3.8, 4) is 0 Å². The molecule has 0 bridgehead atoms. The minimum Gasteiger partial charge on any atom is -0.337 e. The smallest absolute Gasteiger partial charge is 0.233 e. The molecule has 0 aliphatic heterocycles. The number of aromatic nitrogens is 3.